The lowest BCUT2D eigenvalue weighted by atomic mass is 10.0. The Morgan fingerprint density at radius 1 is 1.27 bits per heavy atom. The van der Waals surface area contributed by atoms with E-state index < -0.39 is 5.97 Å². The lowest BCUT2D eigenvalue weighted by molar-refractivity contribution is -0.137. The molecule has 0 bridgehead atoms. The Hall–Kier alpha value is -2.89. The molecule has 1 aromatic carbocycles. The van der Waals surface area contributed by atoms with Crippen molar-refractivity contribution in [3.05, 3.63) is 59.4 Å². The van der Waals surface area contributed by atoms with E-state index in [1.807, 2.05) is 30.3 Å². The number of rotatable bonds is 7. The zero-order valence-electron chi connectivity index (χ0n) is 14.5. The van der Waals surface area contributed by atoms with Crippen molar-refractivity contribution in [1.29, 1.82) is 0 Å². The van der Waals surface area contributed by atoms with E-state index in [4.69, 9.17) is 9.84 Å². The number of carboxylic acid groups (broad SMARTS) is 1. The number of carbonyl (C=O) groups excluding carboxylic acids is 1. The molecule has 0 spiro atoms. The van der Waals surface area contributed by atoms with Crippen molar-refractivity contribution >= 4 is 11.9 Å². The van der Waals surface area contributed by atoms with E-state index in [0.717, 1.165) is 29.7 Å². The van der Waals surface area contributed by atoms with E-state index in [1.54, 1.807) is 12.3 Å². The van der Waals surface area contributed by atoms with E-state index in [2.05, 4.69) is 10.3 Å². The summed E-state index contributed by atoms with van der Waals surface area (Å²) in [5.74, 6) is -0.425. The predicted octanol–water partition coefficient (Wildman–Crippen LogP) is 2.61. The summed E-state index contributed by atoms with van der Waals surface area (Å²) in [6.07, 6.45) is 4.33. The lowest BCUT2D eigenvalue weighted by Crippen LogP contribution is -2.37. The average Bonchev–Trinajstić information content (AvgIpc) is 2.66. The molecule has 3 rings (SSSR count). The highest BCUT2D eigenvalue weighted by atomic mass is 16.5. The smallest absolute Gasteiger partial charge is 0.303 e. The monoisotopic (exact) mass is 354 g/mol. The van der Waals surface area contributed by atoms with Crippen molar-refractivity contribution < 1.29 is 19.4 Å². The first-order valence-corrected chi connectivity index (χ1v) is 8.80. The van der Waals surface area contributed by atoms with Crippen LogP contribution in [0.4, 0.5) is 0 Å². The largest absolute Gasteiger partial charge is 0.492 e. The molecular weight excluding hydrogens is 332 g/mol. The van der Waals surface area contributed by atoms with Gasteiger partial charge in [0.15, 0.2) is 0 Å². The second kappa shape index (κ2) is 8.47. The topological polar surface area (TPSA) is 88.5 Å². The van der Waals surface area contributed by atoms with Crippen LogP contribution in [0.1, 0.15) is 40.9 Å². The van der Waals surface area contributed by atoms with Crippen molar-refractivity contribution in [3.63, 3.8) is 0 Å². The molecule has 1 atom stereocenters. The highest BCUT2D eigenvalue weighted by molar-refractivity contribution is 5.92. The van der Waals surface area contributed by atoms with Gasteiger partial charge in [-0.2, -0.15) is 0 Å². The molecule has 0 saturated carbocycles. The highest BCUT2D eigenvalue weighted by Crippen LogP contribution is 2.24. The zero-order valence-corrected chi connectivity index (χ0v) is 14.5. The van der Waals surface area contributed by atoms with Crippen molar-refractivity contribution in [1.82, 2.24) is 10.3 Å². The van der Waals surface area contributed by atoms with E-state index in [9.17, 15) is 9.59 Å². The number of aromatic nitrogens is 1. The number of hydrogen-bond acceptors (Lipinski definition) is 4. The van der Waals surface area contributed by atoms with Crippen LogP contribution < -0.4 is 10.1 Å². The van der Waals surface area contributed by atoms with Gasteiger partial charge < -0.3 is 15.2 Å². The van der Waals surface area contributed by atoms with Gasteiger partial charge in [0.1, 0.15) is 11.4 Å². The summed E-state index contributed by atoms with van der Waals surface area (Å²) in [7, 11) is 0. The normalized spacial score (nSPS) is 14.0. The van der Waals surface area contributed by atoms with Gasteiger partial charge in [-0.1, -0.05) is 30.3 Å². The van der Waals surface area contributed by atoms with Crippen LogP contribution in [0, 0.1) is 0 Å². The third-order valence-corrected chi connectivity index (χ3v) is 4.40. The Morgan fingerprint density at radius 2 is 2.08 bits per heavy atom. The Morgan fingerprint density at radius 3 is 2.85 bits per heavy atom. The number of hydrogen-bond donors (Lipinski definition) is 2. The van der Waals surface area contributed by atoms with Crippen LogP contribution in [0.3, 0.4) is 0 Å². The predicted molar refractivity (Wildman–Crippen MR) is 96.3 cm³/mol. The van der Waals surface area contributed by atoms with Gasteiger partial charge >= 0.3 is 5.97 Å². The summed E-state index contributed by atoms with van der Waals surface area (Å²) in [6, 6.07) is 11.2. The van der Waals surface area contributed by atoms with Crippen molar-refractivity contribution in [2.45, 2.75) is 38.1 Å². The molecule has 1 amide bonds. The second-order valence-corrected chi connectivity index (χ2v) is 6.42. The molecule has 2 aromatic rings. The van der Waals surface area contributed by atoms with Crippen LogP contribution >= 0.6 is 0 Å². The van der Waals surface area contributed by atoms with Crippen LogP contribution in [-0.4, -0.2) is 34.6 Å². The van der Waals surface area contributed by atoms with Gasteiger partial charge in [-0.05, 0) is 42.9 Å². The summed E-state index contributed by atoms with van der Waals surface area (Å²) in [4.78, 5) is 27.7. The van der Waals surface area contributed by atoms with Gasteiger partial charge in [0.25, 0.3) is 5.91 Å². The number of amides is 1. The molecule has 0 radical (unpaired) electrons. The minimum absolute atomic E-state index is 0.00321. The zero-order chi connectivity index (χ0) is 18.4. The molecule has 6 heteroatoms. The van der Waals surface area contributed by atoms with Gasteiger partial charge in [-0.3, -0.25) is 9.59 Å². The molecule has 1 unspecified atom stereocenters. The van der Waals surface area contributed by atoms with Crippen molar-refractivity contribution in [2.75, 3.05) is 6.61 Å². The third-order valence-electron chi connectivity index (χ3n) is 4.40. The summed E-state index contributed by atoms with van der Waals surface area (Å²) >= 11 is 0. The Labute approximate surface area is 152 Å². The van der Waals surface area contributed by atoms with Gasteiger partial charge in [0, 0.05) is 12.5 Å². The summed E-state index contributed by atoms with van der Waals surface area (Å²) < 4.78 is 5.52. The van der Waals surface area contributed by atoms with Crippen LogP contribution in [0.15, 0.2) is 42.6 Å². The number of carbonyl (C=O) groups is 2. The fraction of sp³-hybridized carbons (Fsp3) is 0.350. The maximum absolute atomic E-state index is 12.6. The van der Waals surface area contributed by atoms with E-state index in [-0.39, 0.29) is 18.4 Å². The maximum Gasteiger partial charge on any atom is 0.303 e. The number of nitrogens with zero attached hydrogens (tertiary/aromatic N) is 1. The molecule has 1 aliphatic rings. The minimum Gasteiger partial charge on any atom is -0.492 e. The quantitative estimate of drug-likeness (QED) is 0.798. The molecule has 0 aliphatic carbocycles. The summed E-state index contributed by atoms with van der Waals surface area (Å²) in [5.41, 5.74) is 2.37. The van der Waals surface area contributed by atoms with Gasteiger partial charge in [0.2, 0.25) is 0 Å². The van der Waals surface area contributed by atoms with E-state index >= 15 is 0 Å². The SMILES string of the molecule is O=C(O)CCC(Cc1ccccc1)NC(=O)c1cc2c(cn1)OCCC2. The Balaban J connectivity index is 1.70. The number of benzene rings is 1. The average molecular weight is 354 g/mol. The molecule has 2 N–H and O–H groups in total. The molecular formula is C20H22N2O4. The number of ether oxygens (including phenoxy) is 1. The van der Waals surface area contributed by atoms with Crippen LogP contribution in [0.5, 0.6) is 5.75 Å². The van der Waals surface area contributed by atoms with Gasteiger partial charge in [0.05, 0.1) is 12.8 Å². The third kappa shape index (κ3) is 4.81. The molecule has 1 aromatic heterocycles. The second-order valence-electron chi connectivity index (χ2n) is 6.42. The van der Waals surface area contributed by atoms with Gasteiger partial charge in [-0.25, -0.2) is 4.98 Å². The van der Waals surface area contributed by atoms with Crippen LogP contribution in [0.25, 0.3) is 0 Å². The first-order chi connectivity index (χ1) is 12.6. The van der Waals surface area contributed by atoms with Crippen LogP contribution in [0.2, 0.25) is 0 Å². The number of carboxylic acids is 1. The lowest BCUT2D eigenvalue weighted by Gasteiger charge is -2.20. The minimum atomic E-state index is -0.874. The number of aliphatic carboxylic acids is 1. The molecule has 26 heavy (non-hydrogen) atoms. The molecule has 6 nitrogen and oxygen atoms in total. The first kappa shape index (κ1) is 17.9. The number of fused-ring (bicyclic) bond motifs is 1. The van der Waals surface area contributed by atoms with E-state index in [1.165, 1.54) is 0 Å². The molecule has 1 aliphatic heterocycles. The van der Waals surface area contributed by atoms with Crippen molar-refractivity contribution in [3.8, 4) is 5.75 Å². The molecule has 0 fully saturated rings. The number of aryl methyl sites for hydroxylation is 1. The molecule has 136 valence electrons. The number of pyridine rings is 1. The summed E-state index contributed by atoms with van der Waals surface area (Å²) in [5, 5.41) is 11.9. The molecule has 0 saturated heterocycles. The Kier molecular flexibility index (Phi) is 5.84. The summed E-state index contributed by atoms with van der Waals surface area (Å²) in [6.45, 7) is 0.675. The fourth-order valence-corrected chi connectivity index (χ4v) is 3.06. The number of nitrogens with one attached hydrogen (secondary N) is 1. The van der Waals surface area contributed by atoms with Crippen molar-refractivity contribution in [2.24, 2.45) is 0 Å². The first-order valence-electron chi connectivity index (χ1n) is 8.80. The fourth-order valence-electron chi connectivity index (χ4n) is 3.06. The maximum atomic E-state index is 12.6. The van der Waals surface area contributed by atoms with Gasteiger partial charge in [-0.15, -0.1) is 0 Å². The van der Waals surface area contributed by atoms with Crippen LogP contribution in [-0.2, 0) is 17.6 Å². The van der Waals surface area contributed by atoms with E-state index in [0.29, 0.717) is 25.1 Å². The molecule has 2 heterocycles. The Bertz CT molecular complexity index is 777. The highest BCUT2D eigenvalue weighted by Gasteiger charge is 2.19. The standard InChI is InChI=1S/C20H22N2O4/c23-19(24)9-8-16(11-14-5-2-1-3-6-14)22-20(25)17-12-15-7-4-10-26-18(15)13-21-17/h1-3,5-6,12-13,16H,4,7-11H2,(H,22,25)(H,23,24).